The minimum absolute atomic E-state index is 0.143. The van der Waals surface area contributed by atoms with Crippen molar-refractivity contribution in [3.63, 3.8) is 0 Å². The maximum absolute atomic E-state index is 12.2. The SMILES string of the molecule is COc1cccc(-c2noc(COC(=O)c3csc(-c4cnn(C)c4)n3)n2)c1. The minimum atomic E-state index is -0.562. The van der Waals surface area contributed by atoms with Gasteiger partial charge in [0.1, 0.15) is 10.8 Å². The van der Waals surface area contributed by atoms with Crippen molar-refractivity contribution in [2.45, 2.75) is 6.61 Å². The van der Waals surface area contributed by atoms with Crippen LogP contribution in [-0.4, -0.2) is 38.0 Å². The number of nitrogens with zero attached hydrogens (tertiary/aromatic N) is 5. The van der Waals surface area contributed by atoms with Gasteiger partial charge in [-0.1, -0.05) is 17.3 Å². The maximum atomic E-state index is 12.2. The normalized spacial score (nSPS) is 10.8. The molecule has 0 atom stereocenters. The number of ether oxygens (including phenoxy) is 2. The van der Waals surface area contributed by atoms with Gasteiger partial charge in [-0.2, -0.15) is 10.1 Å². The maximum Gasteiger partial charge on any atom is 0.358 e. The van der Waals surface area contributed by atoms with Gasteiger partial charge in [-0.05, 0) is 12.1 Å². The number of carbonyl (C=O) groups is 1. The lowest BCUT2D eigenvalue weighted by atomic mass is 10.2. The first-order valence-electron chi connectivity index (χ1n) is 8.21. The van der Waals surface area contributed by atoms with Gasteiger partial charge in [-0.25, -0.2) is 9.78 Å². The molecule has 0 N–H and O–H groups in total. The smallest absolute Gasteiger partial charge is 0.358 e. The van der Waals surface area contributed by atoms with Crippen LogP contribution in [0.1, 0.15) is 16.4 Å². The van der Waals surface area contributed by atoms with Crippen LogP contribution in [0.5, 0.6) is 5.75 Å². The van der Waals surface area contributed by atoms with Gasteiger partial charge in [0.05, 0.1) is 13.3 Å². The van der Waals surface area contributed by atoms with Crippen LogP contribution in [0.3, 0.4) is 0 Å². The Hall–Kier alpha value is -3.53. The molecule has 0 aliphatic rings. The summed E-state index contributed by atoms with van der Waals surface area (Å²) < 4.78 is 17.2. The zero-order chi connectivity index (χ0) is 19.5. The number of aromatic nitrogens is 5. The largest absolute Gasteiger partial charge is 0.497 e. The number of rotatable bonds is 6. The van der Waals surface area contributed by atoms with Crippen molar-refractivity contribution < 1.29 is 18.8 Å². The molecule has 0 amide bonds. The van der Waals surface area contributed by atoms with Crippen LogP contribution in [-0.2, 0) is 18.4 Å². The van der Waals surface area contributed by atoms with E-state index in [9.17, 15) is 4.79 Å². The number of benzene rings is 1. The summed E-state index contributed by atoms with van der Waals surface area (Å²) in [5, 5.41) is 10.3. The molecule has 0 radical (unpaired) electrons. The molecule has 3 aromatic heterocycles. The van der Waals surface area contributed by atoms with Crippen molar-refractivity contribution in [2.24, 2.45) is 7.05 Å². The van der Waals surface area contributed by atoms with E-state index in [1.165, 1.54) is 11.3 Å². The summed E-state index contributed by atoms with van der Waals surface area (Å²) in [6, 6.07) is 7.26. The molecule has 0 saturated carbocycles. The average Bonchev–Trinajstić information content (AvgIpc) is 3.46. The van der Waals surface area contributed by atoms with E-state index in [4.69, 9.17) is 14.0 Å². The number of thiazole rings is 1. The molecule has 0 saturated heterocycles. The Kier molecular flexibility index (Phi) is 4.85. The average molecular weight is 397 g/mol. The Morgan fingerprint density at radius 1 is 1.29 bits per heavy atom. The summed E-state index contributed by atoms with van der Waals surface area (Å²) in [6.07, 6.45) is 3.51. The van der Waals surface area contributed by atoms with Crippen molar-refractivity contribution in [3.8, 4) is 27.7 Å². The Balaban J connectivity index is 1.40. The van der Waals surface area contributed by atoms with Crippen LogP contribution < -0.4 is 4.74 Å². The molecule has 0 unspecified atom stereocenters. The van der Waals surface area contributed by atoms with Crippen LogP contribution in [0.4, 0.5) is 0 Å². The number of aryl methyl sites for hydroxylation is 1. The Morgan fingerprint density at radius 3 is 2.96 bits per heavy atom. The summed E-state index contributed by atoms with van der Waals surface area (Å²) in [5.74, 6) is 0.696. The molecule has 0 aliphatic heterocycles. The molecule has 9 nitrogen and oxygen atoms in total. The molecule has 0 aliphatic carbocycles. The predicted molar refractivity (Wildman–Crippen MR) is 99.7 cm³/mol. The van der Waals surface area contributed by atoms with Crippen LogP contribution in [0.25, 0.3) is 22.0 Å². The van der Waals surface area contributed by atoms with Crippen LogP contribution in [0, 0.1) is 0 Å². The molecule has 28 heavy (non-hydrogen) atoms. The van der Waals surface area contributed by atoms with E-state index in [0.29, 0.717) is 16.6 Å². The molecule has 0 fully saturated rings. The molecule has 4 rings (SSSR count). The highest BCUT2D eigenvalue weighted by Crippen LogP contribution is 2.24. The number of methoxy groups -OCH3 is 1. The third-order valence-corrected chi connectivity index (χ3v) is 4.68. The van der Waals surface area contributed by atoms with E-state index in [2.05, 4.69) is 20.2 Å². The zero-order valence-electron chi connectivity index (χ0n) is 15.0. The van der Waals surface area contributed by atoms with E-state index in [-0.39, 0.29) is 18.2 Å². The Morgan fingerprint density at radius 2 is 2.18 bits per heavy atom. The molecule has 3 heterocycles. The second-order valence-corrected chi connectivity index (χ2v) is 6.62. The molecule has 4 aromatic rings. The van der Waals surface area contributed by atoms with Crippen LogP contribution in [0.2, 0.25) is 0 Å². The van der Waals surface area contributed by atoms with E-state index < -0.39 is 5.97 Å². The zero-order valence-corrected chi connectivity index (χ0v) is 15.8. The molecule has 0 bridgehead atoms. The quantitative estimate of drug-likeness (QED) is 0.457. The highest BCUT2D eigenvalue weighted by atomic mass is 32.1. The lowest BCUT2D eigenvalue weighted by molar-refractivity contribution is 0.0424. The molecular weight excluding hydrogens is 382 g/mol. The molecule has 10 heteroatoms. The summed E-state index contributed by atoms with van der Waals surface area (Å²) in [6.45, 7) is -0.143. The van der Waals surface area contributed by atoms with Crippen molar-refractivity contribution in [3.05, 3.63) is 53.6 Å². The van der Waals surface area contributed by atoms with Crippen LogP contribution >= 0.6 is 11.3 Å². The third-order valence-electron chi connectivity index (χ3n) is 3.79. The second-order valence-electron chi connectivity index (χ2n) is 5.76. The van der Waals surface area contributed by atoms with E-state index >= 15 is 0 Å². The van der Waals surface area contributed by atoms with Crippen molar-refractivity contribution in [1.29, 1.82) is 0 Å². The monoisotopic (exact) mass is 397 g/mol. The minimum Gasteiger partial charge on any atom is -0.497 e. The number of esters is 1. The summed E-state index contributed by atoms with van der Waals surface area (Å²) in [5.41, 5.74) is 1.80. The van der Waals surface area contributed by atoms with Gasteiger partial charge >= 0.3 is 5.97 Å². The second kappa shape index (κ2) is 7.61. The fraction of sp³-hybridized carbons (Fsp3) is 0.167. The first-order chi connectivity index (χ1) is 13.6. The number of carbonyl (C=O) groups excluding carboxylic acids is 1. The lowest BCUT2D eigenvalue weighted by Crippen LogP contribution is -2.05. The summed E-state index contributed by atoms with van der Waals surface area (Å²) >= 11 is 1.34. The fourth-order valence-corrected chi connectivity index (χ4v) is 3.19. The highest BCUT2D eigenvalue weighted by molar-refractivity contribution is 7.13. The van der Waals surface area contributed by atoms with Crippen molar-refractivity contribution in [1.82, 2.24) is 24.9 Å². The summed E-state index contributed by atoms with van der Waals surface area (Å²) in [7, 11) is 3.40. The molecule has 142 valence electrons. The fourth-order valence-electron chi connectivity index (χ4n) is 2.43. The Bertz CT molecular complexity index is 1120. The lowest BCUT2D eigenvalue weighted by Gasteiger charge is -2.00. The van der Waals surface area contributed by atoms with Crippen molar-refractivity contribution >= 4 is 17.3 Å². The summed E-state index contributed by atoms with van der Waals surface area (Å²) in [4.78, 5) is 20.7. The van der Waals surface area contributed by atoms with Gasteiger partial charge in [-0.3, -0.25) is 4.68 Å². The first kappa shape index (κ1) is 17.9. The molecule has 1 aromatic carbocycles. The highest BCUT2D eigenvalue weighted by Gasteiger charge is 2.16. The van der Waals surface area contributed by atoms with E-state index in [1.807, 2.05) is 31.4 Å². The van der Waals surface area contributed by atoms with Crippen molar-refractivity contribution in [2.75, 3.05) is 7.11 Å². The van der Waals surface area contributed by atoms with Crippen LogP contribution in [0.15, 0.2) is 46.6 Å². The molecule has 0 spiro atoms. The topological polar surface area (TPSA) is 105 Å². The number of hydrogen-bond acceptors (Lipinski definition) is 9. The predicted octanol–water partition coefficient (Wildman–Crippen LogP) is 2.96. The van der Waals surface area contributed by atoms with E-state index in [1.54, 1.807) is 29.4 Å². The standard InChI is InChI=1S/C18H15N5O4S/c1-23-8-12(7-19-23)17-20-14(10-28-17)18(24)26-9-15-21-16(22-27-15)11-4-3-5-13(6-11)25-2/h3-8,10H,9H2,1-2H3. The van der Waals surface area contributed by atoms with Gasteiger partial charge in [-0.15, -0.1) is 11.3 Å². The van der Waals surface area contributed by atoms with Gasteiger partial charge in [0, 0.05) is 29.8 Å². The molecular formula is C18H15N5O4S. The van der Waals surface area contributed by atoms with Gasteiger partial charge < -0.3 is 14.0 Å². The van der Waals surface area contributed by atoms with E-state index in [0.717, 1.165) is 11.1 Å². The Labute approximate surface area is 163 Å². The van der Waals surface area contributed by atoms with Gasteiger partial charge in [0.15, 0.2) is 12.3 Å². The van der Waals surface area contributed by atoms with Gasteiger partial charge in [0.2, 0.25) is 5.82 Å². The third kappa shape index (κ3) is 3.76. The first-order valence-corrected chi connectivity index (χ1v) is 9.09. The van der Waals surface area contributed by atoms with Gasteiger partial charge in [0.25, 0.3) is 5.89 Å². The number of hydrogen-bond donors (Lipinski definition) is 0.